The second-order valence-corrected chi connectivity index (χ2v) is 6.25. The lowest BCUT2D eigenvalue weighted by Gasteiger charge is -2.32. The molecular weight excluding hydrogens is 252 g/mol. The van der Waals surface area contributed by atoms with E-state index in [1.54, 1.807) is 0 Å². The Kier molecular flexibility index (Phi) is 5.86. The zero-order chi connectivity index (χ0) is 14.4. The molecule has 1 aliphatic heterocycles. The molecule has 0 bridgehead atoms. The van der Waals surface area contributed by atoms with E-state index in [1.165, 1.54) is 12.8 Å². The summed E-state index contributed by atoms with van der Waals surface area (Å²) >= 11 is 0. The predicted molar refractivity (Wildman–Crippen MR) is 79.2 cm³/mol. The molecule has 0 spiro atoms. The Morgan fingerprint density at radius 3 is 2.35 bits per heavy atom. The first kappa shape index (κ1) is 15.3. The van der Waals surface area contributed by atoms with Crippen molar-refractivity contribution in [3.05, 3.63) is 0 Å². The Morgan fingerprint density at radius 2 is 1.75 bits per heavy atom. The van der Waals surface area contributed by atoms with Gasteiger partial charge in [-0.2, -0.15) is 0 Å². The van der Waals surface area contributed by atoms with Crippen molar-refractivity contribution in [2.75, 3.05) is 13.1 Å². The first-order valence-corrected chi connectivity index (χ1v) is 8.29. The summed E-state index contributed by atoms with van der Waals surface area (Å²) in [5, 5.41) is 3.18. The lowest BCUT2D eigenvalue weighted by atomic mass is 9.95. The second kappa shape index (κ2) is 7.65. The van der Waals surface area contributed by atoms with Crippen LogP contribution in [0.4, 0.5) is 0 Å². The van der Waals surface area contributed by atoms with Gasteiger partial charge >= 0.3 is 0 Å². The maximum atomic E-state index is 12.2. The van der Waals surface area contributed by atoms with Crippen LogP contribution in [0, 0.1) is 5.92 Å². The number of carbonyl (C=O) groups is 2. The Bertz CT molecular complexity index is 329. The van der Waals surface area contributed by atoms with Crippen molar-refractivity contribution in [1.82, 2.24) is 10.2 Å². The summed E-state index contributed by atoms with van der Waals surface area (Å²) in [7, 11) is 0. The Hall–Kier alpha value is -1.06. The fourth-order valence-corrected chi connectivity index (χ4v) is 3.27. The highest BCUT2D eigenvalue weighted by atomic mass is 16.2. The molecule has 0 aromatic carbocycles. The molecule has 4 nitrogen and oxygen atoms in total. The molecule has 20 heavy (non-hydrogen) atoms. The van der Waals surface area contributed by atoms with Crippen LogP contribution >= 0.6 is 0 Å². The topological polar surface area (TPSA) is 49.4 Å². The molecule has 4 heteroatoms. The molecule has 1 saturated heterocycles. The fourth-order valence-electron chi connectivity index (χ4n) is 3.27. The number of nitrogens with one attached hydrogen (secondary N) is 1. The number of nitrogens with zero attached hydrogens (tertiary/aromatic N) is 1. The van der Waals surface area contributed by atoms with Gasteiger partial charge < -0.3 is 10.2 Å². The van der Waals surface area contributed by atoms with Gasteiger partial charge in [-0.15, -0.1) is 0 Å². The molecule has 0 atom stereocenters. The van der Waals surface area contributed by atoms with Crippen molar-refractivity contribution >= 4 is 11.8 Å². The van der Waals surface area contributed by atoms with Gasteiger partial charge in [0.25, 0.3) is 0 Å². The molecule has 0 unspecified atom stereocenters. The molecule has 1 heterocycles. The van der Waals surface area contributed by atoms with Crippen LogP contribution in [0.5, 0.6) is 0 Å². The van der Waals surface area contributed by atoms with E-state index in [1.807, 2.05) is 4.90 Å². The third kappa shape index (κ3) is 4.22. The number of unbranched alkanes of at least 4 members (excludes halogenated alkanes) is 1. The van der Waals surface area contributed by atoms with E-state index in [2.05, 4.69) is 12.2 Å². The Morgan fingerprint density at radius 1 is 1.10 bits per heavy atom. The minimum Gasteiger partial charge on any atom is -0.353 e. The van der Waals surface area contributed by atoms with Crippen molar-refractivity contribution < 1.29 is 9.59 Å². The quantitative estimate of drug-likeness (QED) is 0.841. The van der Waals surface area contributed by atoms with Crippen LogP contribution in [-0.2, 0) is 9.59 Å². The highest BCUT2D eigenvalue weighted by molar-refractivity contribution is 5.80. The summed E-state index contributed by atoms with van der Waals surface area (Å²) in [4.78, 5) is 26.1. The summed E-state index contributed by atoms with van der Waals surface area (Å²) in [6.07, 6.45) is 9.13. The number of piperidine rings is 1. The average Bonchev–Trinajstić information content (AvgIpc) is 2.97. The largest absolute Gasteiger partial charge is 0.353 e. The molecular formula is C16H28N2O2. The van der Waals surface area contributed by atoms with Gasteiger partial charge in [0.2, 0.25) is 11.8 Å². The van der Waals surface area contributed by atoms with Crippen LogP contribution in [0.1, 0.15) is 64.7 Å². The number of likely N-dealkylation sites (tertiary alicyclic amines) is 1. The lowest BCUT2D eigenvalue weighted by Crippen LogP contribution is -2.44. The Labute approximate surface area is 122 Å². The number of hydrogen-bond donors (Lipinski definition) is 1. The van der Waals surface area contributed by atoms with Crippen molar-refractivity contribution in [3.63, 3.8) is 0 Å². The summed E-state index contributed by atoms with van der Waals surface area (Å²) in [6.45, 7) is 3.61. The zero-order valence-electron chi connectivity index (χ0n) is 12.7. The van der Waals surface area contributed by atoms with Crippen molar-refractivity contribution in [2.24, 2.45) is 5.92 Å². The van der Waals surface area contributed by atoms with E-state index in [-0.39, 0.29) is 17.7 Å². The number of rotatable bonds is 5. The van der Waals surface area contributed by atoms with Crippen LogP contribution in [-0.4, -0.2) is 35.8 Å². The van der Waals surface area contributed by atoms with E-state index in [0.717, 1.165) is 51.6 Å². The fraction of sp³-hybridized carbons (Fsp3) is 0.875. The predicted octanol–water partition coefficient (Wildman–Crippen LogP) is 2.47. The van der Waals surface area contributed by atoms with Gasteiger partial charge in [-0.3, -0.25) is 9.59 Å². The maximum Gasteiger partial charge on any atom is 0.223 e. The van der Waals surface area contributed by atoms with Gasteiger partial charge in [0, 0.05) is 31.5 Å². The van der Waals surface area contributed by atoms with Gasteiger partial charge in [-0.1, -0.05) is 26.2 Å². The van der Waals surface area contributed by atoms with Gasteiger partial charge in [0.15, 0.2) is 0 Å². The maximum absolute atomic E-state index is 12.2. The molecule has 0 radical (unpaired) electrons. The summed E-state index contributed by atoms with van der Waals surface area (Å²) in [5.74, 6) is 0.602. The third-order valence-corrected chi connectivity index (χ3v) is 4.66. The SMILES string of the molecule is CCCCC(=O)N1CCC(C(=O)NC2CCCC2)CC1. The van der Waals surface area contributed by atoms with Gasteiger partial charge in [-0.05, 0) is 32.1 Å². The van der Waals surface area contributed by atoms with Crippen molar-refractivity contribution in [3.8, 4) is 0 Å². The molecule has 0 aromatic rings. The summed E-state index contributed by atoms with van der Waals surface area (Å²) in [6, 6.07) is 0.409. The van der Waals surface area contributed by atoms with Crippen molar-refractivity contribution in [1.29, 1.82) is 0 Å². The van der Waals surface area contributed by atoms with E-state index in [0.29, 0.717) is 12.5 Å². The van der Waals surface area contributed by atoms with Crippen LogP contribution < -0.4 is 5.32 Å². The monoisotopic (exact) mass is 280 g/mol. The third-order valence-electron chi connectivity index (χ3n) is 4.66. The molecule has 1 saturated carbocycles. The molecule has 2 rings (SSSR count). The van der Waals surface area contributed by atoms with Crippen LogP contribution in [0.25, 0.3) is 0 Å². The second-order valence-electron chi connectivity index (χ2n) is 6.25. The normalized spacial score (nSPS) is 21.1. The molecule has 2 fully saturated rings. The number of hydrogen-bond acceptors (Lipinski definition) is 2. The molecule has 2 aliphatic rings. The lowest BCUT2D eigenvalue weighted by molar-refractivity contribution is -0.135. The number of carbonyl (C=O) groups excluding carboxylic acids is 2. The summed E-state index contributed by atoms with van der Waals surface area (Å²) in [5.41, 5.74) is 0. The summed E-state index contributed by atoms with van der Waals surface area (Å²) < 4.78 is 0. The molecule has 2 amide bonds. The van der Waals surface area contributed by atoms with E-state index in [9.17, 15) is 9.59 Å². The van der Waals surface area contributed by atoms with E-state index < -0.39 is 0 Å². The standard InChI is InChI=1S/C16H28N2O2/c1-2-3-8-15(19)18-11-9-13(10-12-18)16(20)17-14-6-4-5-7-14/h13-14H,2-12H2,1H3,(H,17,20). The van der Waals surface area contributed by atoms with Gasteiger partial charge in [0.05, 0.1) is 0 Å². The zero-order valence-corrected chi connectivity index (χ0v) is 12.7. The highest BCUT2D eigenvalue weighted by Crippen LogP contribution is 2.22. The number of amides is 2. The first-order valence-electron chi connectivity index (χ1n) is 8.29. The minimum absolute atomic E-state index is 0.117. The molecule has 1 N–H and O–H groups in total. The van der Waals surface area contributed by atoms with Crippen LogP contribution in [0.2, 0.25) is 0 Å². The average molecular weight is 280 g/mol. The van der Waals surface area contributed by atoms with Gasteiger partial charge in [-0.25, -0.2) is 0 Å². The van der Waals surface area contributed by atoms with Gasteiger partial charge in [0.1, 0.15) is 0 Å². The van der Waals surface area contributed by atoms with E-state index in [4.69, 9.17) is 0 Å². The van der Waals surface area contributed by atoms with E-state index >= 15 is 0 Å². The molecule has 1 aliphatic carbocycles. The smallest absolute Gasteiger partial charge is 0.223 e. The molecule has 114 valence electrons. The highest BCUT2D eigenvalue weighted by Gasteiger charge is 2.28. The minimum atomic E-state index is 0.117. The molecule has 0 aromatic heterocycles. The first-order chi connectivity index (χ1) is 9.70. The van der Waals surface area contributed by atoms with Crippen molar-refractivity contribution in [2.45, 2.75) is 70.8 Å². The Balaban J connectivity index is 1.70. The van der Waals surface area contributed by atoms with Crippen LogP contribution in [0.15, 0.2) is 0 Å². The van der Waals surface area contributed by atoms with Crippen LogP contribution in [0.3, 0.4) is 0 Å².